The van der Waals surface area contributed by atoms with Crippen LogP contribution >= 0.6 is 0 Å². The van der Waals surface area contributed by atoms with Gasteiger partial charge in [-0.15, -0.1) is 0 Å². The second-order valence-corrected chi connectivity index (χ2v) is 6.37. The summed E-state index contributed by atoms with van der Waals surface area (Å²) in [6, 6.07) is 13.1. The monoisotopic (exact) mass is 381 g/mol. The molecular formula is C20H20FN5O2. The lowest BCUT2D eigenvalue weighted by Gasteiger charge is -2.15. The summed E-state index contributed by atoms with van der Waals surface area (Å²) >= 11 is 0. The summed E-state index contributed by atoms with van der Waals surface area (Å²) in [5.74, 6) is -1.90. The topological polar surface area (TPSA) is 88.9 Å². The maximum absolute atomic E-state index is 13.7. The summed E-state index contributed by atoms with van der Waals surface area (Å²) < 4.78 is 15.3. The van der Waals surface area contributed by atoms with Crippen LogP contribution in [0.3, 0.4) is 0 Å². The van der Waals surface area contributed by atoms with Crippen molar-refractivity contribution in [2.45, 2.75) is 25.9 Å². The predicted molar refractivity (Wildman–Crippen MR) is 102 cm³/mol. The van der Waals surface area contributed by atoms with Gasteiger partial charge in [0.25, 0.3) is 0 Å². The minimum Gasteiger partial charge on any atom is -0.345 e. The van der Waals surface area contributed by atoms with E-state index in [1.807, 2.05) is 12.1 Å². The maximum Gasteiger partial charge on any atom is 0.313 e. The Balaban J connectivity index is 1.60. The molecule has 7 nitrogen and oxygen atoms in total. The Morgan fingerprint density at radius 2 is 1.79 bits per heavy atom. The molecule has 1 aromatic heterocycles. The largest absolute Gasteiger partial charge is 0.345 e. The summed E-state index contributed by atoms with van der Waals surface area (Å²) in [5.41, 5.74) is 1.78. The molecule has 0 unspecified atom stereocenters. The van der Waals surface area contributed by atoms with Gasteiger partial charge >= 0.3 is 11.8 Å². The number of hydrogen-bond donors (Lipinski definition) is 2. The average molecular weight is 381 g/mol. The molecule has 144 valence electrons. The van der Waals surface area contributed by atoms with Crippen molar-refractivity contribution in [2.75, 3.05) is 5.32 Å². The Morgan fingerprint density at radius 3 is 2.50 bits per heavy atom. The van der Waals surface area contributed by atoms with E-state index in [2.05, 4.69) is 20.7 Å². The summed E-state index contributed by atoms with van der Waals surface area (Å²) in [6.45, 7) is 2.12. The van der Waals surface area contributed by atoms with Gasteiger partial charge in [0.15, 0.2) is 0 Å². The number of para-hydroxylation sites is 1. The molecule has 0 aliphatic rings. The van der Waals surface area contributed by atoms with Crippen molar-refractivity contribution < 1.29 is 14.0 Å². The number of benzene rings is 2. The number of nitrogens with zero attached hydrogens (tertiary/aromatic N) is 3. The first-order chi connectivity index (χ1) is 13.5. The summed E-state index contributed by atoms with van der Waals surface area (Å²) in [7, 11) is 0. The number of anilines is 1. The molecular weight excluding hydrogens is 361 g/mol. The van der Waals surface area contributed by atoms with Crippen LogP contribution in [0, 0.1) is 5.82 Å². The normalized spacial score (nSPS) is 11.6. The molecule has 1 heterocycles. The van der Waals surface area contributed by atoms with Crippen LogP contribution in [0.5, 0.6) is 0 Å². The highest BCUT2D eigenvalue weighted by Gasteiger charge is 2.18. The molecule has 0 saturated heterocycles. The van der Waals surface area contributed by atoms with Crippen LogP contribution < -0.4 is 10.6 Å². The van der Waals surface area contributed by atoms with E-state index in [9.17, 15) is 14.0 Å². The molecule has 3 aromatic rings. The zero-order valence-corrected chi connectivity index (χ0v) is 15.3. The number of carbonyl (C=O) groups is 2. The van der Waals surface area contributed by atoms with Crippen molar-refractivity contribution in [1.82, 2.24) is 20.1 Å². The molecule has 1 atom stereocenters. The molecule has 2 N–H and O–H groups in total. The van der Waals surface area contributed by atoms with E-state index in [4.69, 9.17) is 0 Å². The number of aromatic nitrogens is 3. The lowest BCUT2D eigenvalue weighted by atomic mass is 10.1. The number of rotatable bonds is 6. The molecule has 0 bridgehead atoms. The minimum absolute atomic E-state index is 0.286. The van der Waals surface area contributed by atoms with Gasteiger partial charge in [-0.05, 0) is 36.6 Å². The highest BCUT2D eigenvalue weighted by Crippen LogP contribution is 2.16. The lowest BCUT2D eigenvalue weighted by molar-refractivity contribution is -0.136. The zero-order valence-electron chi connectivity index (χ0n) is 15.3. The molecule has 0 saturated carbocycles. The first-order valence-electron chi connectivity index (χ1n) is 8.78. The van der Waals surface area contributed by atoms with E-state index in [0.29, 0.717) is 17.8 Å². The second kappa shape index (κ2) is 8.90. The molecule has 0 radical (unpaired) electrons. The first kappa shape index (κ1) is 19.2. The van der Waals surface area contributed by atoms with E-state index in [-0.39, 0.29) is 12.2 Å². The SMILES string of the molecule is C[C@@H](Cc1ccccc1F)NC(=O)C(=O)Nc1ccccc1Cn1cncn1. The van der Waals surface area contributed by atoms with Crippen LogP contribution in [0.15, 0.2) is 61.2 Å². The van der Waals surface area contributed by atoms with Gasteiger partial charge in [0.1, 0.15) is 18.5 Å². The maximum atomic E-state index is 13.7. The summed E-state index contributed by atoms with van der Waals surface area (Å²) in [5, 5.41) is 9.25. The summed E-state index contributed by atoms with van der Waals surface area (Å²) in [4.78, 5) is 28.4. The molecule has 0 aliphatic carbocycles. The van der Waals surface area contributed by atoms with E-state index >= 15 is 0 Å². The van der Waals surface area contributed by atoms with Gasteiger partial charge in [-0.25, -0.2) is 14.1 Å². The van der Waals surface area contributed by atoms with Crippen LogP contribution in [0.25, 0.3) is 0 Å². The number of halogens is 1. The smallest absolute Gasteiger partial charge is 0.313 e. The van der Waals surface area contributed by atoms with Gasteiger partial charge in [-0.2, -0.15) is 5.10 Å². The van der Waals surface area contributed by atoms with Gasteiger partial charge in [0.05, 0.1) is 6.54 Å². The average Bonchev–Trinajstić information content (AvgIpc) is 3.18. The number of nitrogens with one attached hydrogen (secondary N) is 2. The molecule has 2 aromatic carbocycles. The standard InChI is InChI=1S/C20H20FN5O2/c1-14(10-15-6-2-4-8-17(15)21)24-19(27)20(28)25-18-9-5-3-7-16(18)11-26-13-22-12-23-26/h2-9,12-14H,10-11H2,1H3,(H,24,27)(H,25,28)/t14-/m0/s1. The van der Waals surface area contributed by atoms with E-state index < -0.39 is 17.9 Å². The highest BCUT2D eigenvalue weighted by atomic mass is 19.1. The van der Waals surface area contributed by atoms with Gasteiger partial charge in [0, 0.05) is 11.7 Å². The quantitative estimate of drug-likeness (QED) is 0.641. The molecule has 3 rings (SSSR count). The highest BCUT2D eigenvalue weighted by molar-refractivity contribution is 6.39. The third-order valence-electron chi connectivity index (χ3n) is 4.13. The van der Waals surface area contributed by atoms with E-state index in [1.54, 1.807) is 48.3 Å². The fraction of sp³-hybridized carbons (Fsp3) is 0.200. The second-order valence-electron chi connectivity index (χ2n) is 6.37. The minimum atomic E-state index is -0.786. The van der Waals surface area contributed by atoms with Crippen LogP contribution in [0.1, 0.15) is 18.1 Å². The van der Waals surface area contributed by atoms with Crippen LogP contribution in [-0.4, -0.2) is 32.6 Å². The van der Waals surface area contributed by atoms with Crippen molar-refractivity contribution >= 4 is 17.5 Å². The summed E-state index contributed by atoms with van der Waals surface area (Å²) in [6.07, 6.45) is 3.27. The van der Waals surface area contributed by atoms with Gasteiger partial charge in [0.2, 0.25) is 0 Å². The molecule has 28 heavy (non-hydrogen) atoms. The molecule has 8 heteroatoms. The third-order valence-corrected chi connectivity index (χ3v) is 4.13. The Hall–Kier alpha value is -3.55. The molecule has 0 spiro atoms. The van der Waals surface area contributed by atoms with Crippen LogP contribution in [0.4, 0.5) is 10.1 Å². The van der Waals surface area contributed by atoms with E-state index in [1.165, 1.54) is 12.4 Å². The van der Waals surface area contributed by atoms with E-state index in [0.717, 1.165) is 5.56 Å². The van der Waals surface area contributed by atoms with Gasteiger partial charge in [-0.1, -0.05) is 36.4 Å². The van der Waals surface area contributed by atoms with Gasteiger partial charge < -0.3 is 10.6 Å². The van der Waals surface area contributed by atoms with Crippen LogP contribution in [-0.2, 0) is 22.6 Å². The number of hydrogen-bond acceptors (Lipinski definition) is 4. The molecule has 2 amide bonds. The van der Waals surface area contributed by atoms with Gasteiger partial charge in [-0.3, -0.25) is 9.59 Å². The van der Waals surface area contributed by atoms with Crippen molar-refractivity contribution in [3.8, 4) is 0 Å². The Bertz CT molecular complexity index is 959. The predicted octanol–water partition coefficient (Wildman–Crippen LogP) is 2.15. The first-order valence-corrected chi connectivity index (χ1v) is 8.78. The fourth-order valence-corrected chi connectivity index (χ4v) is 2.78. The Morgan fingerprint density at radius 1 is 1.07 bits per heavy atom. The molecule has 0 fully saturated rings. The number of carbonyl (C=O) groups excluding carboxylic acids is 2. The Kier molecular flexibility index (Phi) is 6.11. The lowest BCUT2D eigenvalue weighted by Crippen LogP contribution is -2.41. The fourth-order valence-electron chi connectivity index (χ4n) is 2.78. The molecule has 0 aliphatic heterocycles. The van der Waals surface area contributed by atoms with Crippen molar-refractivity contribution in [3.05, 3.63) is 78.1 Å². The zero-order chi connectivity index (χ0) is 19.9. The number of amides is 2. The van der Waals surface area contributed by atoms with Crippen molar-refractivity contribution in [3.63, 3.8) is 0 Å². The third kappa shape index (κ3) is 5.00. The van der Waals surface area contributed by atoms with Crippen LogP contribution in [0.2, 0.25) is 0 Å². The van der Waals surface area contributed by atoms with Crippen molar-refractivity contribution in [1.29, 1.82) is 0 Å². The Labute approximate surface area is 161 Å². The van der Waals surface area contributed by atoms with Crippen molar-refractivity contribution in [2.24, 2.45) is 0 Å².